The van der Waals surface area contributed by atoms with Crippen molar-refractivity contribution in [2.75, 3.05) is 0 Å². The Bertz CT molecular complexity index is 1010. The monoisotopic (exact) mass is 380 g/mol. The molecule has 0 saturated carbocycles. The van der Waals surface area contributed by atoms with Crippen LogP contribution in [0.2, 0.25) is 0 Å². The summed E-state index contributed by atoms with van der Waals surface area (Å²) >= 11 is 0. The Morgan fingerprint density at radius 1 is 0.571 bits per heavy atom. The van der Waals surface area contributed by atoms with Crippen LogP contribution in [-0.4, -0.2) is 43.1 Å². The highest BCUT2D eigenvalue weighted by molar-refractivity contribution is 5.91. The van der Waals surface area contributed by atoms with E-state index in [1.54, 1.807) is 24.3 Å². The Morgan fingerprint density at radius 2 is 0.964 bits per heavy atom. The van der Waals surface area contributed by atoms with Crippen molar-refractivity contribution in [3.63, 3.8) is 0 Å². The van der Waals surface area contributed by atoms with Gasteiger partial charge in [-0.25, -0.2) is 0 Å². The molecule has 0 atom stereocenters. The fraction of sp³-hybridized carbons (Fsp3) is 0. The fourth-order valence-electron chi connectivity index (χ4n) is 2.41. The van der Waals surface area contributed by atoms with Gasteiger partial charge in [0.25, 0.3) is 0 Å². The van der Waals surface area contributed by atoms with E-state index in [1.807, 2.05) is 0 Å². The molecule has 3 aromatic rings. The number of aliphatic imine (C=N–C) groups is 2. The number of benzene rings is 3. The van der Waals surface area contributed by atoms with Crippen LogP contribution >= 0.6 is 0 Å². The number of phenols is 6. The first-order valence-electron chi connectivity index (χ1n) is 8.02. The second-order valence-electron chi connectivity index (χ2n) is 5.81. The molecule has 142 valence electrons. The molecule has 0 bridgehead atoms. The van der Waals surface area contributed by atoms with E-state index in [9.17, 15) is 30.6 Å². The average molecular weight is 380 g/mol. The third-order valence-electron chi connectivity index (χ3n) is 3.78. The van der Waals surface area contributed by atoms with Crippen LogP contribution in [0.1, 0.15) is 11.1 Å². The number of para-hydroxylation sites is 2. The van der Waals surface area contributed by atoms with Gasteiger partial charge in [0, 0.05) is 35.7 Å². The lowest BCUT2D eigenvalue weighted by Gasteiger charge is -2.04. The lowest BCUT2D eigenvalue weighted by Crippen LogP contribution is -1.84. The maximum absolute atomic E-state index is 9.85. The zero-order valence-corrected chi connectivity index (χ0v) is 14.4. The molecule has 0 aromatic heterocycles. The highest BCUT2D eigenvalue weighted by Crippen LogP contribution is 2.35. The summed E-state index contributed by atoms with van der Waals surface area (Å²) in [7, 11) is 0. The van der Waals surface area contributed by atoms with Crippen LogP contribution in [0, 0.1) is 0 Å². The summed E-state index contributed by atoms with van der Waals surface area (Å²) in [4.78, 5) is 8.41. The standard InChI is InChI=1S/C20H16N2O6/c23-13-5-11(19(27)17(25)7-13)9-21-15-3-1-2-4-16(15)22-10-12-6-14(24)8-18(26)20(12)28/h1-10,23-28H. The Kier molecular flexibility index (Phi) is 5.03. The molecule has 0 aliphatic carbocycles. The van der Waals surface area contributed by atoms with Gasteiger partial charge in [0.05, 0.1) is 11.4 Å². The summed E-state index contributed by atoms with van der Waals surface area (Å²) in [6.07, 6.45) is 2.50. The van der Waals surface area contributed by atoms with Crippen molar-refractivity contribution >= 4 is 23.8 Å². The van der Waals surface area contributed by atoms with E-state index in [4.69, 9.17) is 0 Å². The molecule has 6 N–H and O–H groups in total. The Labute approximate surface area is 159 Å². The lowest BCUT2D eigenvalue weighted by molar-refractivity contribution is 0.396. The average Bonchev–Trinajstić information content (AvgIpc) is 2.65. The smallest absolute Gasteiger partial charge is 0.166 e. The van der Waals surface area contributed by atoms with Gasteiger partial charge in [-0.1, -0.05) is 12.1 Å². The van der Waals surface area contributed by atoms with E-state index in [0.717, 1.165) is 12.1 Å². The van der Waals surface area contributed by atoms with Crippen molar-refractivity contribution in [2.45, 2.75) is 0 Å². The van der Waals surface area contributed by atoms with Gasteiger partial charge in [0.15, 0.2) is 23.0 Å². The van der Waals surface area contributed by atoms with Crippen molar-refractivity contribution in [3.05, 3.63) is 59.7 Å². The number of hydrogen-bond donors (Lipinski definition) is 6. The van der Waals surface area contributed by atoms with Crippen molar-refractivity contribution < 1.29 is 30.6 Å². The predicted octanol–water partition coefficient (Wildman–Crippen LogP) is 3.42. The molecule has 28 heavy (non-hydrogen) atoms. The van der Waals surface area contributed by atoms with Crippen LogP contribution < -0.4 is 0 Å². The maximum atomic E-state index is 9.85. The van der Waals surface area contributed by atoms with Gasteiger partial charge in [-0.2, -0.15) is 0 Å². The molecular formula is C20H16N2O6. The van der Waals surface area contributed by atoms with Gasteiger partial charge in [-0.3, -0.25) is 9.98 Å². The number of nitrogens with zero attached hydrogens (tertiary/aromatic N) is 2. The first-order chi connectivity index (χ1) is 13.3. The summed E-state index contributed by atoms with van der Waals surface area (Å²) in [5.74, 6) is -2.28. The second kappa shape index (κ2) is 7.58. The van der Waals surface area contributed by atoms with Gasteiger partial charge in [-0.05, 0) is 24.3 Å². The van der Waals surface area contributed by atoms with Crippen LogP contribution in [0.5, 0.6) is 34.5 Å². The largest absolute Gasteiger partial charge is 0.508 e. The second-order valence-corrected chi connectivity index (χ2v) is 5.81. The summed E-state index contributed by atoms with van der Waals surface area (Å²) < 4.78 is 0. The molecule has 0 amide bonds. The molecule has 0 radical (unpaired) electrons. The number of aromatic hydroxyl groups is 6. The zero-order chi connectivity index (χ0) is 20.3. The summed E-state index contributed by atoms with van der Waals surface area (Å²) in [6.45, 7) is 0. The van der Waals surface area contributed by atoms with E-state index in [2.05, 4.69) is 9.98 Å². The molecule has 3 rings (SSSR count). The van der Waals surface area contributed by atoms with Crippen molar-refractivity contribution in [1.29, 1.82) is 0 Å². The SMILES string of the molecule is Oc1cc(O)c(O)c(C=Nc2ccccc2N=Cc2cc(O)cc(O)c2O)c1. The van der Waals surface area contributed by atoms with Crippen molar-refractivity contribution in [3.8, 4) is 34.5 Å². The predicted molar refractivity (Wildman–Crippen MR) is 104 cm³/mol. The van der Waals surface area contributed by atoms with Crippen LogP contribution in [-0.2, 0) is 0 Å². The Morgan fingerprint density at radius 3 is 1.36 bits per heavy atom. The van der Waals surface area contributed by atoms with Crippen LogP contribution in [0.25, 0.3) is 0 Å². The van der Waals surface area contributed by atoms with E-state index >= 15 is 0 Å². The minimum Gasteiger partial charge on any atom is -0.508 e. The molecule has 8 nitrogen and oxygen atoms in total. The molecule has 0 fully saturated rings. The zero-order valence-electron chi connectivity index (χ0n) is 14.4. The maximum Gasteiger partial charge on any atom is 0.166 e. The third kappa shape index (κ3) is 3.96. The molecule has 0 unspecified atom stereocenters. The highest BCUT2D eigenvalue weighted by atomic mass is 16.3. The number of rotatable bonds is 4. The molecule has 0 spiro atoms. The number of hydrogen-bond acceptors (Lipinski definition) is 8. The topological polar surface area (TPSA) is 146 Å². The molecule has 0 saturated heterocycles. The summed E-state index contributed by atoms with van der Waals surface area (Å²) in [5.41, 5.74) is 0.994. The van der Waals surface area contributed by atoms with Crippen LogP contribution in [0.3, 0.4) is 0 Å². The van der Waals surface area contributed by atoms with Crippen LogP contribution in [0.4, 0.5) is 11.4 Å². The molecule has 0 aliphatic rings. The third-order valence-corrected chi connectivity index (χ3v) is 3.78. The molecule has 3 aromatic carbocycles. The molecule has 0 aliphatic heterocycles. The fourth-order valence-corrected chi connectivity index (χ4v) is 2.41. The highest BCUT2D eigenvalue weighted by Gasteiger charge is 2.09. The minimum atomic E-state index is -0.480. The van der Waals surface area contributed by atoms with Gasteiger partial charge < -0.3 is 30.6 Å². The van der Waals surface area contributed by atoms with Crippen LogP contribution in [0.15, 0.2) is 58.5 Å². The first kappa shape index (κ1) is 18.6. The summed E-state index contributed by atoms with van der Waals surface area (Å²) in [5, 5.41) is 57.9. The van der Waals surface area contributed by atoms with Crippen molar-refractivity contribution in [1.82, 2.24) is 0 Å². The minimum absolute atomic E-state index is 0.104. The first-order valence-corrected chi connectivity index (χ1v) is 8.02. The van der Waals surface area contributed by atoms with Gasteiger partial charge in [0.1, 0.15) is 11.5 Å². The van der Waals surface area contributed by atoms with E-state index in [1.165, 1.54) is 24.6 Å². The summed E-state index contributed by atoms with van der Waals surface area (Å²) in [6, 6.07) is 11.2. The normalized spacial score (nSPS) is 11.4. The van der Waals surface area contributed by atoms with E-state index in [-0.39, 0.29) is 22.6 Å². The van der Waals surface area contributed by atoms with Gasteiger partial charge in [0.2, 0.25) is 0 Å². The molecule has 0 heterocycles. The van der Waals surface area contributed by atoms with E-state index in [0.29, 0.717) is 11.4 Å². The van der Waals surface area contributed by atoms with Crippen molar-refractivity contribution in [2.24, 2.45) is 9.98 Å². The quantitative estimate of drug-likeness (QED) is 0.232. The Hall–Kier alpha value is -4.20. The van der Waals surface area contributed by atoms with Gasteiger partial charge in [-0.15, -0.1) is 0 Å². The Balaban J connectivity index is 1.95. The van der Waals surface area contributed by atoms with E-state index < -0.39 is 23.0 Å². The van der Waals surface area contributed by atoms with Gasteiger partial charge >= 0.3 is 0 Å². The molecular weight excluding hydrogens is 364 g/mol. The number of phenolic OH excluding ortho intramolecular Hbond substituents is 6. The molecule has 8 heteroatoms. The lowest BCUT2D eigenvalue weighted by atomic mass is 10.2.